The van der Waals surface area contributed by atoms with E-state index in [0.717, 1.165) is 82.8 Å². The monoisotopic (exact) mass is 672 g/mol. The lowest BCUT2D eigenvalue weighted by atomic mass is 9.93. The van der Waals surface area contributed by atoms with Gasteiger partial charge in [0.05, 0.1) is 35.6 Å². The van der Waals surface area contributed by atoms with Gasteiger partial charge in [-0.2, -0.15) is 13.2 Å². The minimum absolute atomic E-state index is 0.281. The molecule has 0 radical (unpaired) electrons. The van der Waals surface area contributed by atoms with Gasteiger partial charge in [-0.1, -0.05) is 42.5 Å². The standard InChI is InChI=1S/C38H39F3N4O4/c39-38(40,41)27-8-4-5-25(23-27)33-30(24-44-15-11-28(12-16-44)45-17-19-47-20-18-45)32(29-9-10-31-35(34(29)42-33)49-22-21-48-31)36(46)43-37(13-14-37)26-6-2-1-3-7-26/h1-10,23,28H,11-22,24H2,(H,43,46). The number of aromatic nitrogens is 1. The highest BCUT2D eigenvalue weighted by Gasteiger charge is 2.46. The second-order valence-electron chi connectivity index (χ2n) is 13.4. The summed E-state index contributed by atoms with van der Waals surface area (Å²) in [7, 11) is 0. The Labute approximate surface area is 283 Å². The molecule has 3 aromatic carbocycles. The van der Waals surface area contributed by atoms with Crippen LogP contribution in [0.1, 0.15) is 52.7 Å². The highest BCUT2D eigenvalue weighted by molar-refractivity contribution is 6.11. The molecule has 49 heavy (non-hydrogen) atoms. The molecule has 4 aliphatic rings. The number of amides is 1. The van der Waals surface area contributed by atoms with E-state index in [0.29, 0.717) is 70.6 Å². The molecule has 4 heterocycles. The quantitative estimate of drug-likeness (QED) is 0.243. The third-order valence-corrected chi connectivity index (χ3v) is 10.4. The van der Waals surface area contributed by atoms with Crippen LogP contribution in [0.4, 0.5) is 13.2 Å². The second-order valence-corrected chi connectivity index (χ2v) is 13.4. The van der Waals surface area contributed by atoms with E-state index in [2.05, 4.69) is 15.1 Å². The number of benzene rings is 3. The van der Waals surface area contributed by atoms with Crippen molar-refractivity contribution in [2.75, 3.05) is 52.6 Å². The molecule has 1 aliphatic carbocycles. The van der Waals surface area contributed by atoms with E-state index in [1.54, 1.807) is 12.1 Å². The molecule has 0 unspecified atom stereocenters. The number of fused-ring (bicyclic) bond motifs is 3. The summed E-state index contributed by atoms with van der Waals surface area (Å²) in [6.07, 6.45) is -1.04. The number of rotatable bonds is 7. The lowest BCUT2D eigenvalue weighted by Crippen LogP contribution is -2.48. The van der Waals surface area contributed by atoms with Gasteiger partial charge in [-0.25, -0.2) is 4.98 Å². The van der Waals surface area contributed by atoms with Gasteiger partial charge in [0.2, 0.25) is 0 Å². The van der Waals surface area contributed by atoms with Gasteiger partial charge in [0.1, 0.15) is 18.7 Å². The zero-order valence-corrected chi connectivity index (χ0v) is 27.2. The van der Waals surface area contributed by atoms with Crippen molar-refractivity contribution in [3.8, 4) is 22.8 Å². The van der Waals surface area contributed by atoms with E-state index >= 15 is 0 Å². The number of pyridine rings is 1. The fraction of sp³-hybridized carbons (Fsp3) is 0.421. The van der Waals surface area contributed by atoms with Crippen molar-refractivity contribution >= 4 is 16.8 Å². The lowest BCUT2D eigenvalue weighted by molar-refractivity contribution is -0.137. The number of piperidine rings is 1. The second kappa shape index (κ2) is 12.9. The van der Waals surface area contributed by atoms with E-state index in [9.17, 15) is 18.0 Å². The van der Waals surface area contributed by atoms with E-state index < -0.39 is 17.3 Å². The summed E-state index contributed by atoms with van der Waals surface area (Å²) < 4.78 is 59.6. The van der Waals surface area contributed by atoms with Crippen molar-refractivity contribution in [2.45, 2.75) is 50.0 Å². The Bertz CT molecular complexity index is 1850. The first-order chi connectivity index (χ1) is 23.8. The topological polar surface area (TPSA) is 76.2 Å². The number of carbonyl (C=O) groups excluding carboxylic acids is 1. The van der Waals surface area contributed by atoms with Gasteiger partial charge in [-0.15, -0.1) is 0 Å². The average molecular weight is 673 g/mol. The number of alkyl halides is 3. The normalized spacial score (nSPS) is 19.9. The Balaban J connectivity index is 1.25. The van der Waals surface area contributed by atoms with Crippen molar-refractivity contribution in [3.63, 3.8) is 0 Å². The average Bonchev–Trinajstić information content (AvgIpc) is 3.92. The molecule has 1 amide bonds. The molecule has 3 aliphatic heterocycles. The van der Waals surface area contributed by atoms with Crippen molar-refractivity contribution in [1.82, 2.24) is 20.1 Å². The molecular weight excluding hydrogens is 633 g/mol. The number of hydrogen-bond donors (Lipinski definition) is 1. The van der Waals surface area contributed by atoms with Gasteiger partial charge < -0.3 is 19.5 Å². The maximum Gasteiger partial charge on any atom is 0.416 e. The highest BCUT2D eigenvalue weighted by Crippen LogP contribution is 2.47. The Morgan fingerprint density at radius 2 is 1.65 bits per heavy atom. The first-order valence-corrected chi connectivity index (χ1v) is 17.1. The maximum atomic E-state index is 14.8. The van der Waals surface area contributed by atoms with Crippen LogP contribution in [-0.2, 0) is 23.0 Å². The van der Waals surface area contributed by atoms with E-state index in [1.807, 2.05) is 36.4 Å². The fourth-order valence-electron chi connectivity index (χ4n) is 7.63. The van der Waals surface area contributed by atoms with Crippen LogP contribution in [-0.4, -0.2) is 79.3 Å². The lowest BCUT2D eigenvalue weighted by Gasteiger charge is -2.40. The van der Waals surface area contributed by atoms with Crippen molar-refractivity contribution in [2.24, 2.45) is 0 Å². The molecule has 0 bridgehead atoms. The number of nitrogens with zero attached hydrogens (tertiary/aromatic N) is 3. The summed E-state index contributed by atoms with van der Waals surface area (Å²) in [5, 5.41) is 3.94. The van der Waals surface area contributed by atoms with Crippen LogP contribution < -0.4 is 14.8 Å². The van der Waals surface area contributed by atoms with E-state index in [-0.39, 0.29) is 5.91 Å². The Morgan fingerprint density at radius 3 is 2.39 bits per heavy atom. The molecule has 1 N–H and O–H groups in total. The summed E-state index contributed by atoms with van der Waals surface area (Å²) in [5.74, 6) is 0.610. The molecule has 1 saturated carbocycles. The zero-order valence-electron chi connectivity index (χ0n) is 27.2. The minimum atomic E-state index is -4.54. The number of halogens is 3. The summed E-state index contributed by atoms with van der Waals surface area (Å²) in [5.41, 5.74) is 1.79. The molecule has 0 spiro atoms. The van der Waals surface area contributed by atoms with Gasteiger partial charge in [0, 0.05) is 42.2 Å². The van der Waals surface area contributed by atoms with Crippen molar-refractivity contribution < 1.29 is 32.2 Å². The highest BCUT2D eigenvalue weighted by atomic mass is 19.4. The smallest absolute Gasteiger partial charge is 0.416 e. The third-order valence-electron chi connectivity index (χ3n) is 10.4. The molecule has 8 nitrogen and oxygen atoms in total. The number of nitrogens with one attached hydrogen (secondary N) is 1. The predicted octanol–water partition coefficient (Wildman–Crippen LogP) is 6.41. The fourth-order valence-corrected chi connectivity index (χ4v) is 7.63. The minimum Gasteiger partial charge on any atom is -0.486 e. The molecule has 3 fully saturated rings. The van der Waals surface area contributed by atoms with Gasteiger partial charge >= 0.3 is 6.18 Å². The number of hydrogen-bond acceptors (Lipinski definition) is 7. The van der Waals surface area contributed by atoms with Gasteiger partial charge in [0.15, 0.2) is 11.5 Å². The van der Waals surface area contributed by atoms with Crippen LogP contribution in [0.15, 0.2) is 66.7 Å². The largest absolute Gasteiger partial charge is 0.486 e. The molecular formula is C38H39F3N4O4. The first kappa shape index (κ1) is 32.0. The molecule has 8 rings (SSSR count). The summed E-state index contributed by atoms with van der Waals surface area (Å²) in [6, 6.07) is 19.2. The van der Waals surface area contributed by atoms with Crippen molar-refractivity contribution in [3.05, 3.63) is 89.0 Å². The van der Waals surface area contributed by atoms with Gasteiger partial charge in [-0.05, 0) is 68.6 Å². The molecule has 0 atom stereocenters. The predicted molar refractivity (Wildman–Crippen MR) is 179 cm³/mol. The number of likely N-dealkylation sites (tertiary alicyclic amines) is 1. The molecule has 256 valence electrons. The molecule has 11 heteroatoms. The van der Waals surface area contributed by atoms with Gasteiger partial charge in [-0.3, -0.25) is 14.6 Å². The van der Waals surface area contributed by atoms with E-state index in [4.69, 9.17) is 19.2 Å². The van der Waals surface area contributed by atoms with Crippen LogP contribution in [0.2, 0.25) is 0 Å². The van der Waals surface area contributed by atoms with Crippen LogP contribution in [0.5, 0.6) is 11.5 Å². The summed E-state index contributed by atoms with van der Waals surface area (Å²) in [6.45, 7) is 5.92. The number of morpholine rings is 1. The summed E-state index contributed by atoms with van der Waals surface area (Å²) in [4.78, 5) is 24.6. The van der Waals surface area contributed by atoms with Crippen LogP contribution in [0, 0.1) is 0 Å². The maximum absolute atomic E-state index is 14.8. The van der Waals surface area contributed by atoms with Crippen LogP contribution in [0.25, 0.3) is 22.2 Å². The van der Waals surface area contributed by atoms with Gasteiger partial charge in [0.25, 0.3) is 5.91 Å². The molecule has 4 aromatic rings. The Morgan fingerprint density at radius 1 is 0.898 bits per heavy atom. The zero-order chi connectivity index (χ0) is 33.6. The third kappa shape index (κ3) is 6.35. The van der Waals surface area contributed by atoms with Crippen molar-refractivity contribution in [1.29, 1.82) is 0 Å². The Kier molecular flexibility index (Phi) is 8.45. The van der Waals surface area contributed by atoms with Crippen LogP contribution in [0.3, 0.4) is 0 Å². The molecule has 2 saturated heterocycles. The summed E-state index contributed by atoms with van der Waals surface area (Å²) >= 11 is 0. The SMILES string of the molecule is O=C(NC1(c2ccccc2)CC1)c1c(CN2CCC(N3CCOCC3)CC2)c(-c2cccc(C(F)(F)F)c2)nc2c3c(ccc12)OCCO3. The van der Waals surface area contributed by atoms with E-state index in [1.165, 1.54) is 6.07 Å². The Hall–Kier alpha value is -4.19. The van der Waals surface area contributed by atoms with Crippen LogP contribution >= 0.6 is 0 Å². The number of carbonyl (C=O) groups is 1. The first-order valence-electron chi connectivity index (χ1n) is 17.1. The number of ether oxygens (including phenoxy) is 3. The molecule has 1 aromatic heterocycles.